The number of ether oxygens (including phenoxy) is 1. The normalized spacial score (nSPS) is 14.8. The van der Waals surface area contributed by atoms with Crippen molar-refractivity contribution >= 4 is 35.9 Å². The van der Waals surface area contributed by atoms with E-state index in [1.54, 1.807) is 0 Å². The summed E-state index contributed by atoms with van der Waals surface area (Å²) in [4.78, 5) is 17.3. The molecule has 5 nitrogen and oxygen atoms in total. The van der Waals surface area contributed by atoms with E-state index in [2.05, 4.69) is 51.0 Å². The summed E-state index contributed by atoms with van der Waals surface area (Å²) in [7, 11) is 1.39. The van der Waals surface area contributed by atoms with Gasteiger partial charge in [-0.15, -0.1) is 24.2 Å². The number of hydrogen-bond acceptors (Lipinski definition) is 5. The zero-order valence-electron chi connectivity index (χ0n) is 14.5. The van der Waals surface area contributed by atoms with Crippen LogP contribution >= 0.6 is 24.2 Å². The van der Waals surface area contributed by atoms with Crippen LogP contribution < -0.4 is 10.2 Å². The molecule has 1 aliphatic heterocycles. The summed E-state index contributed by atoms with van der Waals surface area (Å²) in [5, 5.41) is 2.73. The van der Waals surface area contributed by atoms with Gasteiger partial charge in [0, 0.05) is 37.6 Å². The van der Waals surface area contributed by atoms with Crippen LogP contribution in [0.1, 0.15) is 13.3 Å². The summed E-state index contributed by atoms with van der Waals surface area (Å²) in [6.45, 7) is 8.15. The molecular weight excluding hydrogens is 346 g/mol. The molecule has 1 aliphatic rings. The Morgan fingerprint density at radius 1 is 1.25 bits per heavy atom. The van der Waals surface area contributed by atoms with E-state index in [4.69, 9.17) is 0 Å². The van der Waals surface area contributed by atoms with E-state index < -0.39 is 0 Å². The molecule has 7 heteroatoms. The number of rotatable bonds is 7. The molecule has 1 aromatic rings. The molecule has 0 aromatic heterocycles. The van der Waals surface area contributed by atoms with Crippen molar-refractivity contribution in [1.29, 1.82) is 0 Å². The molecule has 0 atom stereocenters. The van der Waals surface area contributed by atoms with Crippen molar-refractivity contribution in [3.05, 3.63) is 24.3 Å². The lowest BCUT2D eigenvalue weighted by molar-refractivity contribution is 0.170. The standard InChI is InChI=1S/C17H27N3O2S.ClH/c1-3-23-16-8-5-4-7-15(16)20-13-11-19(12-14-20)10-6-9-18-17(21)22-2;/h4-5,7-8H,3,6,9-14H2,1-2H3,(H,18,21);1H. The minimum atomic E-state index is -0.347. The van der Waals surface area contributed by atoms with Crippen molar-refractivity contribution < 1.29 is 9.53 Å². The second-order valence-electron chi connectivity index (χ2n) is 5.50. The van der Waals surface area contributed by atoms with E-state index in [1.165, 1.54) is 17.7 Å². The minimum absolute atomic E-state index is 0. The number of anilines is 1. The summed E-state index contributed by atoms with van der Waals surface area (Å²) >= 11 is 1.91. The fourth-order valence-electron chi connectivity index (χ4n) is 2.77. The molecule has 1 aromatic carbocycles. The zero-order chi connectivity index (χ0) is 16.5. The first-order chi connectivity index (χ1) is 11.2. The predicted octanol–water partition coefficient (Wildman–Crippen LogP) is 3.09. The first-order valence-corrected chi connectivity index (χ1v) is 9.24. The van der Waals surface area contributed by atoms with Gasteiger partial charge >= 0.3 is 6.09 Å². The smallest absolute Gasteiger partial charge is 0.406 e. The first-order valence-electron chi connectivity index (χ1n) is 8.25. The van der Waals surface area contributed by atoms with Gasteiger partial charge in [0.15, 0.2) is 0 Å². The van der Waals surface area contributed by atoms with E-state index in [0.717, 1.165) is 44.9 Å². The van der Waals surface area contributed by atoms with Gasteiger partial charge in [-0.05, 0) is 30.9 Å². The molecule has 0 bridgehead atoms. The number of benzene rings is 1. The minimum Gasteiger partial charge on any atom is -0.453 e. The molecule has 1 heterocycles. The maximum absolute atomic E-state index is 11.0. The topological polar surface area (TPSA) is 44.8 Å². The molecule has 2 rings (SSSR count). The number of hydrogen-bond donors (Lipinski definition) is 1. The Kier molecular flexibility index (Phi) is 9.98. The third-order valence-corrected chi connectivity index (χ3v) is 4.93. The third kappa shape index (κ3) is 6.42. The van der Waals surface area contributed by atoms with E-state index in [-0.39, 0.29) is 18.5 Å². The van der Waals surface area contributed by atoms with Crippen molar-refractivity contribution in [3.8, 4) is 0 Å². The number of carbonyl (C=O) groups excluding carboxylic acids is 1. The fraction of sp³-hybridized carbons (Fsp3) is 0.588. The van der Waals surface area contributed by atoms with Crippen LogP contribution in [0.5, 0.6) is 0 Å². The maximum atomic E-state index is 11.0. The third-order valence-electron chi connectivity index (χ3n) is 3.98. The zero-order valence-corrected chi connectivity index (χ0v) is 16.1. The molecule has 0 radical (unpaired) electrons. The Hall–Kier alpha value is -1.11. The van der Waals surface area contributed by atoms with Gasteiger partial charge in [0.25, 0.3) is 0 Å². The SMILES string of the molecule is CCSc1ccccc1N1CCN(CCCNC(=O)OC)CC1.Cl. The number of alkyl carbamates (subject to hydrolysis) is 1. The van der Waals surface area contributed by atoms with Gasteiger partial charge in [-0.2, -0.15) is 0 Å². The number of halogens is 1. The van der Waals surface area contributed by atoms with E-state index in [0.29, 0.717) is 6.54 Å². The van der Waals surface area contributed by atoms with Gasteiger partial charge in [0.1, 0.15) is 0 Å². The second-order valence-corrected chi connectivity index (χ2v) is 6.81. The number of nitrogens with zero attached hydrogens (tertiary/aromatic N) is 2. The molecule has 136 valence electrons. The first kappa shape index (κ1) is 20.9. The Morgan fingerprint density at radius 3 is 2.62 bits per heavy atom. The van der Waals surface area contributed by atoms with Crippen LogP contribution in [0.25, 0.3) is 0 Å². The predicted molar refractivity (Wildman–Crippen MR) is 104 cm³/mol. The van der Waals surface area contributed by atoms with Gasteiger partial charge in [-0.1, -0.05) is 19.1 Å². The molecule has 0 saturated carbocycles. The van der Waals surface area contributed by atoms with Crippen LogP contribution in [0, 0.1) is 0 Å². The van der Waals surface area contributed by atoms with E-state index in [1.807, 2.05) is 11.8 Å². The summed E-state index contributed by atoms with van der Waals surface area (Å²) in [5.74, 6) is 1.10. The second kappa shape index (κ2) is 11.4. The molecule has 0 unspecified atom stereocenters. The highest BCUT2D eigenvalue weighted by Gasteiger charge is 2.18. The van der Waals surface area contributed by atoms with Crippen molar-refractivity contribution in [2.45, 2.75) is 18.2 Å². The number of piperazine rings is 1. The Bertz CT molecular complexity index is 496. The average molecular weight is 374 g/mol. The van der Waals surface area contributed by atoms with Crippen molar-refractivity contribution in [2.24, 2.45) is 0 Å². The summed E-state index contributed by atoms with van der Waals surface area (Å²) in [5.41, 5.74) is 1.37. The van der Waals surface area contributed by atoms with Crippen molar-refractivity contribution in [3.63, 3.8) is 0 Å². The van der Waals surface area contributed by atoms with E-state index in [9.17, 15) is 4.79 Å². The monoisotopic (exact) mass is 373 g/mol. The van der Waals surface area contributed by atoms with Crippen LogP contribution in [0.15, 0.2) is 29.2 Å². The Balaban J connectivity index is 0.00000288. The number of carbonyl (C=O) groups is 1. The molecule has 0 spiro atoms. The largest absolute Gasteiger partial charge is 0.453 e. The number of thioether (sulfide) groups is 1. The molecule has 24 heavy (non-hydrogen) atoms. The number of para-hydroxylation sites is 1. The number of methoxy groups -OCH3 is 1. The van der Waals surface area contributed by atoms with Crippen molar-refractivity contribution in [1.82, 2.24) is 10.2 Å². The van der Waals surface area contributed by atoms with Crippen molar-refractivity contribution in [2.75, 3.05) is 57.0 Å². The molecule has 1 amide bonds. The quantitative estimate of drug-likeness (QED) is 0.587. The average Bonchev–Trinajstić information content (AvgIpc) is 2.60. The van der Waals surface area contributed by atoms with Gasteiger partial charge in [0.2, 0.25) is 0 Å². The number of nitrogens with one attached hydrogen (secondary N) is 1. The highest BCUT2D eigenvalue weighted by molar-refractivity contribution is 7.99. The molecule has 1 N–H and O–H groups in total. The van der Waals surface area contributed by atoms with Gasteiger partial charge in [-0.3, -0.25) is 4.90 Å². The molecule has 1 fully saturated rings. The van der Waals surface area contributed by atoms with Gasteiger partial charge < -0.3 is 15.0 Å². The Morgan fingerprint density at radius 2 is 1.96 bits per heavy atom. The van der Waals surface area contributed by atoms with Gasteiger partial charge in [-0.25, -0.2) is 4.79 Å². The maximum Gasteiger partial charge on any atom is 0.406 e. The lowest BCUT2D eigenvalue weighted by Crippen LogP contribution is -2.47. The lowest BCUT2D eigenvalue weighted by atomic mass is 10.2. The van der Waals surface area contributed by atoms with Crippen LogP contribution in [-0.2, 0) is 4.74 Å². The highest BCUT2D eigenvalue weighted by Crippen LogP contribution is 2.30. The molecule has 0 aliphatic carbocycles. The highest BCUT2D eigenvalue weighted by atomic mass is 35.5. The fourth-order valence-corrected chi connectivity index (χ4v) is 3.60. The molecular formula is C17H28ClN3O2S. The van der Waals surface area contributed by atoms with Crippen LogP contribution in [0.3, 0.4) is 0 Å². The van der Waals surface area contributed by atoms with E-state index >= 15 is 0 Å². The Labute approximate surface area is 155 Å². The summed E-state index contributed by atoms with van der Waals surface area (Å²) in [6, 6.07) is 8.69. The summed E-state index contributed by atoms with van der Waals surface area (Å²) < 4.78 is 4.56. The van der Waals surface area contributed by atoms with Crippen LogP contribution in [0.2, 0.25) is 0 Å². The number of amides is 1. The van der Waals surface area contributed by atoms with Gasteiger partial charge in [0.05, 0.1) is 12.8 Å². The van der Waals surface area contributed by atoms with Crippen LogP contribution in [-0.4, -0.2) is 63.1 Å². The van der Waals surface area contributed by atoms with Crippen LogP contribution in [0.4, 0.5) is 10.5 Å². The molecule has 1 saturated heterocycles. The lowest BCUT2D eigenvalue weighted by Gasteiger charge is -2.37. The summed E-state index contributed by atoms with van der Waals surface area (Å²) in [6.07, 6.45) is 0.608.